The molecule has 0 atom stereocenters. The Bertz CT molecular complexity index is 671. The van der Waals surface area contributed by atoms with E-state index in [0.717, 1.165) is 24.0 Å². The summed E-state index contributed by atoms with van der Waals surface area (Å²) in [4.78, 5) is 11.4. The summed E-state index contributed by atoms with van der Waals surface area (Å²) in [5, 5.41) is 20.6. The molecular formula is C23H31FNNaO3. The van der Waals surface area contributed by atoms with E-state index in [4.69, 9.17) is 10.2 Å². The summed E-state index contributed by atoms with van der Waals surface area (Å²) >= 11 is 0. The van der Waals surface area contributed by atoms with Crippen LogP contribution in [0.1, 0.15) is 55.0 Å². The predicted octanol–water partition coefficient (Wildman–Crippen LogP) is 0.966. The van der Waals surface area contributed by atoms with Gasteiger partial charge in [-0.15, -0.1) is 0 Å². The maximum atomic E-state index is 12.5. The van der Waals surface area contributed by atoms with Crippen molar-refractivity contribution in [2.75, 3.05) is 13.1 Å². The number of aliphatic hydroxyl groups excluding tert-OH is 2. The van der Waals surface area contributed by atoms with Crippen molar-refractivity contribution in [2.24, 2.45) is 5.92 Å². The van der Waals surface area contributed by atoms with Gasteiger partial charge < -0.3 is 17.0 Å². The largest absolute Gasteiger partial charge is 1.00 e. The van der Waals surface area contributed by atoms with Gasteiger partial charge in [-0.25, -0.2) is 4.39 Å². The Labute approximate surface area is 196 Å². The standard InChI is InChI=1S/C10H9FO.C8H10O2.C5H11N.Na.H/c11-9-5-3-8(4-6-9)10(12)7-1-2-7;9-5-7-1-2-8(6-10)4-3-7;1-2-4-6-5-3-1;;/h3-7H,1-2H2;1-4,9-10H,5-6H2;6H,1-5H2;;/q;;;+1;-1. The van der Waals surface area contributed by atoms with Crippen LogP contribution >= 0.6 is 0 Å². The van der Waals surface area contributed by atoms with Crippen molar-refractivity contribution >= 4 is 5.78 Å². The van der Waals surface area contributed by atoms with E-state index in [0.29, 0.717) is 5.56 Å². The first-order valence-electron chi connectivity index (χ1n) is 9.94. The normalized spacial score (nSPS) is 15.0. The Morgan fingerprint density at radius 2 is 1.38 bits per heavy atom. The van der Waals surface area contributed by atoms with Gasteiger partial charge in [-0.1, -0.05) is 30.7 Å². The summed E-state index contributed by atoms with van der Waals surface area (Å²) in [5.41, 5.74) is 2.38. The maximum Gasteiger partial charge on any atom is 1.00 e. The minimum absolute atomic E-state index is 0. The number of carbonyl (C=O) groups is 1. The van der Waals surface area contributed by atoms with E-state index in [1.807, 2.05) is 0 Å². The first kappa shape index (κ1) is 26.0. The van der Waals surface area contributed by atoms with Gasteiger partial charge in [0.05, 0.1) is 13.2 Å². The maximum absolute atomic E-state index is 12.5. The topological polar surface area (TPSA) is 69.6 Å². The first-order valence-corrected chi connectivity index (χ1v) is 9.94. The predicted molar refractivity (Wildman–Crippen MR) is 110 cm³/mol. The van der Waals surface area contributed by atoms with Crippen LogP contribution in [-0.2, 0) is 13.2 Å². The summed E-state index contributed by atoms with van der Waals surface area (Å²) in [6.07, 6.45) is 6.21. The smallest absolute Gasteiger partial charge is 1.00 e. The molecule has 0 aromatic heterocycles. The summed E-state index contributed by atoms with van der Waals surface area (Å²) in [5.74, 6) is 0.0906. The molecule has 0 bridgehead atoms. The molecule has 29 heavy (non-hydrogen) atoms. The Balaban J connectivity index is 0.000000427. The summed E-state index contributed by atoms with van der Waals surface area (Å²) in [7, 11) is 0. The molecule has 2 fully saturated rings. The minimum Gasteiger partial charge on any atom is -1.00 e. The van der Waals surface area contributed by atoms with Gasteiger partial charge in [-0.2, -0.15) is 0 Å². The average molecular weight is 411 g/mol. The van der Waals surface area contributed by atoms with Gasteiger partial charge in [0.1, 0.15) is 5.82 Å². The molecule has 2 aromatic carbocycles. The molecule has 6 heteroatoms. The van der Waals surface area contributed by atoms with Crippen LogP contribution in [-0.4, -0.2) is 29.1 Å². The number of hydrogen-bond donors (Lipinski definition) is 3. The molecule has 0 unspecified atom stereocenters. The molecule has 2 aliphatic rings. The number of ketones is 1. The van der Waals surface area contributed by atoms with E-state index in [1.165, 1.54) is 44.5 Å². The van der Waals surface area contributed by atoms with Gasteiger partial charge in [0.15, 0.2) is 5.78 Å². The zero-order valence-electron chi connectivity index (χ0n) is 18.2. The molecule has 0 radical (unpaired) electrons. The molecule has 4 rings (SSSR count). The second-order valence-electron chi connectivity index (χ2n) is 7.09. The minimum atomic E-state index is -0.289. The van der Waals surface area contributed by atoms with Crippen molar-refractivity contribution in [2.45, 2.75) is 45.3 Å². The number of Topliss-reactive ketones (excluding diaryl/α,β-unsaturated/α-hetero) is 1. The summed E-state index contributed by atoms with van der Waals surface area (Å²) in [6, 6.07) is 12.9. The number of piperidine rings is 1. The monoisotopic (exact) mass is 411 g/mol. The molecule has 1 aliphatic carbocycles. The van der Waals surface area contributed by atoms with Gasteiger partial charge in [0.25, 0.3) is 0 Å². The van der Waals surface area contributed by atoms with Crippen molar-refractivity contribution in [1.29, 1.82) is 0 Å². The van der Waals surface area contributed by atoms with Gasteiger partial charge in [-0.05, 0) is 74.2 Å². The number of rotatable bonds is 4. The molecule has 0 amide bonds. The van der Waals surface area contributed by atoms with Crippen LogP contribution < -0.4 is 34.9 Å². The Morgan fingerprint density at radius 1 is 0.897 bits per heavy atom. The second kappa shape index (κ2) is 14.8. The number of carbonyl (C=O) groups excluding carboxylic acids is 1. The van der Waals surface area contributed by atoms with Crippen molar-refractivity contribution in [3.63, 3.8) is 0 Å². The van der Waals surface area contributed by atoms with Crippen LogP contribution in [0.15, 0.2) is 48.5 Å². The molecule has 2 aromatic rings. The van der Waals surface area contributed by atoms with Crippen molar-refractivity contribution in [1.82, 2.24) is 5.32 Å². The van der Waals surface area contributed by atoms with Gasteiger partial charge in [0, 0.05) is 11.5 Å². The van der Waals surface area contributed by atoms with Crippen LogP contribution in [0, 0.1) is 11.7 Å². The summed E-state index contributed by atoms with van der Waals surface area (Å²) < 4.78 is 12.5. The average Bonchev–Trinajstić information content (AvgIpc) is 3.61. The van der Waals surface area contributed by atoms with Gasteiger partial charge in [-0.3, -0.25) is 4.79 Å². The van der Waals surface area contributed by atoms with E-state index < -0.39 is 0 Å². The number of halogens is 1. The molecule has 1 aliphatic heterocycles. The molecule has 154 valence electrons. The van der Waals surface area contributed by atoms with Crippen LogP contribution in [0.5, 0.6) is 0 Å². The van der Waals surface area contributed by atoms with Gasteiger partial charge in [0.2, 0.25) is 0 Å². The number of benzene rings is 2. The number of hydrogen-bond acceptors (Lipinski definition) is 4. The quantitative estimate of drug-likeness (QED) is 0.518. The zero-order chi connectivity index (χ0) is 20.2. The first-order chi connectivity index (χ1) is 13.6. The van der Waals surface area contributed by atoms with E-state index in [9.17, 15) is 9.18 Å². The SMILES string of the molecule is C1CCNCC1.O=C(c1ccc(F)cc1)C1CC1.OCc1ccc(CO)cc1.[H-].[Na+]. The van der Waals surface area contributed by atoms with E-state index in [-0.39, 0.29) is 61.7 Å². The van der Waals surface area contributed by atoms with Gasteiger partial charge >= 0.3 is 29.6 Å². The molecular weight excluding hydrogens is 380 g/mol. The Hall–Kier alpha value is -1.08. The Morgan fingerprint density at radius 3 is 1.69 bits per heavy atom. The fourth-order valence-corrected chi connectivity index (χ4v) is 2.75. The molecule has 1 heterocycles. The van der Waals surface area contributed by atoms with E-state index in [1.54, 1.807) is 36.4 Å². The van der Waals surface area contributed by atoms with Crippen LogP contribution in [0.25, 0.3) is 0 Å². The third-order valence-electron chi connectivity index (χ3n) is 4.67. The molecule has 0 spiro atoms. The number of nitrogens with one attached hydrogen (secondary N) is 1. The molecule has 4 nitrogen and oxygen atoms in total. The van der Waals surface area contributed by atoms with E-state index in [2.05, 4.69) is 5.32 Å². The fourth-order valence-electron chi connectivity index (χ4n) is 2.75. The fraction of sp³-hybridized carbons (Fsp3) is 0.435. The third-order valence-corrected chi connectivity index (χ3v) is 4.67. The van der Waals surface area contributed by atoms with E-state index >= 15 is 0 Å². The van der Waals surface area contributed by atoms with Crippen molar-refractivity contribution in [3.05, 3.63) is 71.0 Å². The van der Waals surface area contributed by atoms with Crippen LogP contribution in [0.2, 0.25) is 0 Å². The van der Waals surface area contributed by atoms with Crippen LogP contribution in [0.4, 0.5) is 4.39 Å². The number of aliphatic hydroxyl groups is 2. The Kier molecular flexibility index (Phi) is 13.3. The molecule has 1 saturated heterocycles. The summed E-state index contributed by atoms with van der Waals surface area (Å²) in [6.45, 7) is 2.62. The second-order valence-corrected chi connectivity index (χ2v) is 7.09. The van der Waals surface area contributed by atoms with Crippen molar-refractivity contribution < 1.29 is 50.4 Å². The van der Waals surface area contributed by atoms with Crippen LogP contribution in [0.3, 0.4) is 0 Å². The third kappa shape index (κ3) is 10.5. The molecule has 1 saturated carbocycles. The zero-order valence-corrected chi connectivity index (χ0v) is 19.2. The van der Waals surface area contributed by atoms with Crippen molar-refractivity contribution in [3.8, 4) is 0 Å². The molecule has 3 N–H and O–H groups in total.